The minimum Gasteiger partial charge on any atom is -0.491 e. The average molecular weight is 219 g/mol. The van der Waals surface area contributed by atoms with Crippen molar-refractivity contribution < 1.29 is 23.4 Å². The highest BCUT2D eigenvalue weighted by Gasteiger charge is 2.25. The zero-order valence-electron chi connectivity index (χ0n) is 7.58. The summed E-state index contributed by atoms with van der Waals surface area (Å²) in [6.45, 7) is 0. The molecule has 0 aliphatic rings. The fraction of sp³-hybridized carbons (Fsp3) is 0.250. The number of methoxy groups -OCH3 is 1. The standard InChI is InChI=1S/C8H7F2NO4/c1-15-5-4(6(9)10)3(8(13)14)2-11-7(5)12/h2,6H,1H3,(H,11,12)(H,13,14). The van der Waals surface area contributed by atoms with E-state index in [2.05, 4.69) is 4.74 Å². The molecule has 82 valence electrons. The average Bonchev–Trinajstić information content (AvgIpc) is 2.16. The molecule has 1 rings (SSSR count). The molecule has 7 heteroatoms. The minimum atomic E-state index is -3.09. The Balaban J connectivity index is 3.56. The zero-order chi connectivity index (χ0) is 11.6. The number of hydrogen-bond acceptors (Lipinski definition) is 3. The number of alkyl halides is 2. The van der Waals surface area contributed by atoms with Crippen LogP contribution in [0.5, 0.6) is 5.75 Å². The van der Waals surface area contributed by atoms with Crippen molar-refractivity contribution in [3.05, 3.63) is 27.7 Å². The molecule has 0 atom stereocenters. The first-order valence-electron chi connectivity index (χ1n) is 3.80. The Hall–Kier alpha value is -1.92. The minimum absolute atomic E-state index is 0.676. The van der Waals surface area contributed by atoms with E-state index >= 15 is 0 Å². The van der Waals surface area contributed by atoms with E-state index in [4.69, 9.17) is 5.11 Å². The number of halogens is 2. The lowest BCUT2D eigenvalue weighted by Gasteiger charge is -2.08. The van der Waals surface area contributed by atoms with Gasteiger partial charge >= 0.3 is 5.97 Å². The van der Waals surface area contributed by atoms with E-state index in [0.29, 0.717) is 6.20 Å². The molecule has 0 unspecified atom stereocenters. The maximum atomic E-state index is 12.5. The number of carboxylic acid groups (broad SMARTS) is 1. The van der Waals surface area contributed by atoms with Crippen LogP contribution in [0.2, 0.25) is 0 Å². The third kappa shape index (κ3) is 1.95. The van der Waals surface area contributed by atoms with Gasteiger partial charge in [0.1, 0.15) is 0 Å². The molecule has 2 N–H and O–H groups in total. The summed E-state index contributed by atoms with van der Waals surface area (Å²) in [7, 11) is 1.02. The van der Waals surface area contributed by atoms with Gasteiger partial charge in [-0.3, -0.25) is 4.79 Å². The van der Waals surface area contributed by atoms with Crippen molar-refractivity contribution in [3.8, 4) is 5.75 Å². The van der Waals surface area contributed by atoms with Crippen LogP contribution in [0.15, 0.2) is 11.0 Å². The highest BCUT2D eigenvalue weighted by atomic mass is 19.3. The molecule has 1 aromatic rings. The zero-order valence-corrected chi connectivity index (χ0v) is 7.58. The Morgan fingerprint density at radius 3 is 2.60 bits per heavy atom. The SMILES string of the molecule is COc1c(C(F)F)c(C(=O)O)c[nH]c1=O. The summed E-state index contributed by atoms with van der Waals surface area (Å²) >= 11 is 0. The first-order chi connectivity index (χ1) is 6.99. The molecular formula is C8H7F2NO4. The molecule has 1 aromatic heterocycles. The fourth-order valence-corrected chi connectivity index (χ4v) is 1.12. The number of hydrogen-bond donors (Lipinski definition) is 2. The number of aromatic amines is 1. The lowest BCUT2D eigenvalue weighted by molar-refractivity contribution is 0.0682. The monoisotopic (exact) mass is 219 g/mol. The van der Waals surface area contributed by atoms with Crippen LogP contribution in [0.3, 0.4) is 0 Å². The number of aromatic carboxylic acids is 1. The van der Waals surface area contributed by atoms with E-state index in [9.17, 15) is 18.4 Å². The van der Waals surface area contributed by atoms with Gasteiger partial charge in [-0.1, -0.05) is 0 Å². The normalized spacial score (nSPS) is 10.4. The smallest absolute Gasteiger partial charge is 0.337 e. The van der Waals surface area contributed by atoms with Crippen molar-refractivity contribution in [1.29, 1.82) is 0 Å². The van der Waals surface area contributed by atoms with Crippen molar-refractivity contribution in [1.82, 2.24) is 4.98 Å². The number of H-pyrrole nitrogens is 1. The molecule has 0 aromatic carbocycles. The number of pyridine rings is 1. The number of aromatic nitrogens is 1. The molecule has 0 spiro atoms. The Bertz CT molecular complexity index is 441. The number of ether oxygens (including phenoxy) is 1. The van der Waals surface area contributed by atoms with Crippen LogP contribution in [0.25, 0.3) is 0 Å². The van der Waals surface area contributed by atoms with Crippen molar-refractivity contribution in [2.24, 2.45) is 0 Å². The van der Waals surface area contributed by atoms with Crippen LogP contribution in [-0.4, -0.2) is 23.2 Å². The van der Waals surface area contributed by atoms with Gasteiger partial charge in [-0.2, -0.15) is 0 Å². The maximum absolute atomic E-state index is 12.5. The van der Waals surface area contributed by atoms with Crippen LogP contribution in [0.4, 0.5) is 8.78 Å². The van der Waals surface area contributed by atoms with Crippen molar-refractivity contribution in [3.63, 3.8) is 0 Å². The molecule has 0 aliphatic heterocycles. The van der Waals surface area contributed by atoms with E-state index in [0.717, 1.165) is 7.11 Å². The van der Waals surface area contributed by atoms with Crippen LogP contribution < -0.4 is 10.3 Å². The van der Waals surface area contributed by atoms with Crippen molar-refractivity contribution in [2.75, 3.05) is 7.11 Å². The van der Waals surface area contributed by atoms with Crippen LogP contribution >= 0.6 is 0 Å². The molecular weight excluding hydrogens is 212 g/mol. The number of carboxylic acids is 1. The van der Waals surface area contributed by atoms with Crippen LogP contribution in [-0.2, 0) is 0 Å². The summed E-state index contributed by atoms with van der Waals surface area (Å²) in [5.41, 5.74) is -2.48. The molecule has 0 aliphatic carbocycles. The molecule has 0 fully saturated rings. The highest BCUT2D eigenvalue weighted by molar-refractivity contribution is 5.89. The lowest BCUT2D eigenvalue weighted by Crippen LogP contribution is -2.16. The number of nitrogens with one attached hydrogen (secondary N) is 1. The summed E-state index contributed by atoms with van der Waals surface area (Å²) in [5.74, 6) is -2.23. The Kier molecular flexibility index (Phi) is 3.03. The molecule has 0 bridgehead atoms. The quantitative estimate of drug-likeness (QED) is 0.795. The summed E-state index contributed by atoms with van der Waals surface area (Å²) < 4.78 is 29.5. The molecule has 0 saturated heterocycles. The molecule has 0 amide bonds. The number of carbonyl (C=O) groups is 1. The van der Waals surface area contributed by atoms with Gasteiger partial charge in [-0.05, 0) is 0 Å². The van der Waals surface area contributed by atoms with Gasteiger partial charge in [0.2, 0.25) is 0 Å². The maximum Gasteiger partial charge on any atom is 0.337 e. The van der Waals surface area contributed by atoms with Gasteiger partial charge in [0.25, 0.3) is 12.0 Å². The Morgan fingerprint density at radius 1 is 1.60 bits per heavy atom. The van der Waals surface area contributed by atoms with Gasteiger partial charge < -0.3 is 14.8 Å². The van der Waals surface area contributed by atoms with E-state index in [1.54, 1.807) is 0 Å². The second-order valence-corrected chi connectivity index (χ2v) is 2.58. The second-order valence-electron chi connectivity index (χ2n) is 2.58. The van der Waals surface area contributed by atoms with Crippen molar-refractivity contribution >= 4 is 5.97 Å². The molecule has 5 nitrogen and oxygen atoms in total. The van der Waals surface area contributed by atoms with Crippen LogP contribution in [0.1, 0.15) is 22.3 Å². The third-order valence-corrected chi connectivity index (χ3v) is 1.74. The summed E-state index contributed by atoms with van der Waals surface area (Å²) in [5, 5.41) is 8.61. The van der Waals surface area contributed by atoms with E-state index in [-0.39, 0.29) is 0 Å². The first kappa shape index (κ1) is 11.2. The molecule has 0 saturated carbocycles. The largest absolute Gasteiger partial charge is 0.491 e. The van der Waals surface area contributed by atoms with Gasteiger partial charge in [-0.15, -0.1) is 0 Å². The summed E-state index contributed by atoms with van der Waals surface area (Å²) in [4.78, 5) is 23.6. The first-order valence-corrected chi connectivity index (χ1v) is 3.80. The van der Waals surface area contributed by atoms with Gasteiger partial charge in [0, 0.05) is 6.20 Å². The summed E-state index contributed by atoms with van der Waals surface area (Å²) in [6.07, 6.45) is -2.37. The lowest BCUT2D eigenvalue weighted by atomic mass is 10.1. The molecule has 0 radical (unpaired) electrons. The molecule has 1 heterocycles. The fourth-order valence-electron chi connectivity index (χ4n) is 1.12. The highest BCUT2D eigenvalue weighted by Crippen LogP contribution is 2.28. The predicted molar refractivity (Wildman–Crippen MR) is 45.5 cm³/mol. The topological polar surface area (TPSA) is 79.4 Å². The Morgan fingerprint density at radius 2 is 2.20 bits per heavy atom. The third-order valence-electron chi connectivity index (χ3n) is 1.74. The van der Waals surface area contributed by atoms with Gasteiger partial charge in [0.15, 0.2) is 5.75 Å². The Labute approximate surface area is 82.3 Å². The van der Waals surface area contributed by atoms with Gasteiger partial charge in [0.05, 0.1) is 18.2 Å². The van der Waals surface area contributed by atoms with Crippen LogP contribution in [0, 0.1) is 0 Å². The van der Waals surface area contributed by atoms with E-state index in [1.165, 1.54) is 0 Å². The van der Waals surface area contributed by atoms with Gasteiger partial charge in [-0.25, -0.2) is 13.6 Å². The van der Waals surface area contributed by atoms with E-state index in [1.807, 2.05) is 4.98 Å². The number of rotatable bonds is 3. The predicted octanol–water partition coefficient (Wildman–Crippen LogP) is 1.02. The van der Waals surface area contributed by atoms with Crippen molar-refractivity contribution in [2.45, 2.75) is 6.43 Å². The molecule has 15 heavy (non-hydrogen) atoms. The van der Waals surface area contributed by atoms with E-state index < -0.39 is 34.8 Å². The second kappa shape index (κ2) is 4.07. The summed E-state index contributed by atoms with van der Waals surface area (Å²) in [6, 6.07) is 0.